The van der Waals surface area contributed by atoms with Gasteiger partial charge in [0.15, 0.2) is 6.73 Å². The molecule has 2 amide bonds. The van der Waals surface area contributed by atoms with Crippen LogP contribution >= 0.6 is 0 Å². The molecule has 15 heavy (non-hydrogen) atoms. The van der Waals surface area contributed by atoms with Gasteiger partial charge in [0.25, 0.3) is 5.91 Å². The molecule has 1 aromatic carbocycles. The highest BCUT2D eigenvalue weighted by Gasteiger charge is 2.36. The minimum atomic E-state index is -0.987. The molecule has 5 nitrogen and oxygen atoms in total. The molecule has 0 spiro atoms. The van der Waals surface area contributed by atoms with E-state index in [4.69, 9.17) is 0 Å². The van der Waals surface area contributed by atoms with Crippen LogP contribution in [0.4, 0.5) is 0 Å². The number of carbonyl (C=O) groups is 3. The van der Waals surface area contributed by atoms with Gasteiger partial charge in [0, 0.05) is 5.56 Å². The molecule has 1 aliphatic rings. The van der Waals surface area contributed by atoms with Crippen molar-refractivity contribution in [2.75, 3.05) is 6.73 Å². The molecule has 1 fully saturated rings. The van der Waals surface area contributed by atoms with Crippen LogP contribution in [-0.2, 0) is 14.3 Å². The smallest absolute Gasteiger partial charge is 0.399 e. The Morgan fingerprint density at radius 1 is 1.20 bits per heavy atom. The molecule has 1 aromatic rings. The number of hydrogen-bond donors (Lipinski definition) is 0. The van der Waals surface area contributed by atoms with Gasteiger partial charge in [0.2, 0.25) is 0 Å². The summed E-state index contributed by atoms with van der Waals surface area (Å²) in [5.74, 6) is -2.42. The van der Waals surface area contributed by atoms with E-state index >= 15 is 0 Å². The summed E-state index contributed by atoms with van der Waals surface area (Å²) in [7, 11) is 0. The van der Waals surface area contributed by atoms with E-state index in [-0.39, 0.29) is 6.73 Å². The van der Waals surface area contributed by atoms with Crippen LogP contribution < -0.4 is 0 Å². The molecule has 0 bridgehead atoms. The molecule has 1 heterocycles. The highest BCUT2D eigenvalue weighted by molar-refractivity contribution is 6.37. The number of rotatable bonds is 1. The zero-order valence-corrected chi connectivity index (χ0v) is 7.67. The van der Waals surface area contributed by atoms with Crippen molar-refractivity contribution >= 4 is 17.8 Å². The maximum atomic E-state index is 11.7. The van der Waals surface area contributed by atoms with Crippen LogP contribution in [0.25, 0.3) is 0 Å². The fourth-order valence-electron chi connectivity index (χ4n) is 1.24. The lowest BCUT2D eigenvalue weighted by Gasteiger charge is -2.09. The minimum Gasteiger partial charge on any atom is -0.437 e. The van der Waals surface area contributed by atoms with Crippen molar-refractivity contribution in [3.05, 3.63) is 35.9 Å². The van der Waals surface area contributed by atoms with Crippen LogP contribution in [0, 0.1) is 0 Å². The van der Waals surface area contributed by atoms with E-state index in [9.17, 15) is 14.4 Å². The van der Waals surface area contributed by atoms with E-state index < -0.39 is 17.8 Å². The lowest BCUT2D eigenvalue weighted by molar-refractivity contribution is -0.147. The van der Waals surface area contributed by atoms with Gasteiger partial charge in [-0.05, 0) is 12.1 Å². The average Bonchev–Trinajstić information content (AvgIpc) is 2.60. The summed E-state index contributed by atoms with van der Waals surface area (Å²) in [4.78, 5) is 34.4. The Bertz CT molecular complexity index is 426. The summed E-state index contributed by atoms with van der Waals surface area (Å²) in [5.41, 5.74) is 0.351. The Morgan fingerprint density at radius 3 is 2.40 bits per heavy atom. The van der Waals surface area contributed by atoms with E-state index in [0.29, 0.717) is 5.56 Å². The van der Waals surface area contributed by atoms with Crippen molar-refractivity contribution in [3.63, 3.8) is 0 Å². The Morgan fingerprint density at radius 2 is 1.87 bits per heavy atom. The van der Waals surface area contributed by atoms with Gasteiger partial charge < -0.3 is 4.74 Å². The van der Waals surface area contributed by atoms with Crippen molar-refractivity contribution < 1.29 is 19.1 Å². The molecule has 5 heteroatoms. The Labute approximate surface area is 85.2 Å². The third kappa shape index (κ3) is 1.59. The molecule has 1 aliphatic heterocycles. The number of nitrogens with zero attached hydrogens (tertiary/aromatic N) is 1. The van der Waals surface area contributed by atoms with Gasteiger partial charge in [-0.3, -0.25) is 9.59 Å². The maximum Gasteiger partial charge on any atom is 0.399 e. The van der Waals surface area contributed by atoms with E-state index in [1.165, 1.54) is 0 Å². The second-order valence-corrected chi connectivity index (χ2v) is 2.97. The van der Waals surface area contributed by atoms with Crippen molar-refractivity contribution in [2.24, 2.45) is 0 Å². The monoisotopic (exact) mass is 205 g/mol. The summed E-state index contributed by atoms with van der Waals surface area (Å²) in [6.07, 6.45) is 0. The predicted molar refractivity (Wildman–Crippen MR) is 48.6 cm³/mol. The summed E-state index contributed by atoms with van der Waals surface area (Å²) >= 11 is 0. The third-order valence-corrected chi connectivity index (χ3v) is 2.01. The molecule has 0 aromatic heterocycles. The first kappa shape index (κ1) is 9.39. The van der Waals surface area contributed by atoms with Crippen LogP contribution in [0.3, 0.4) is 0 Å². The summed E-state index contributed by atoms with van der Waals surface area (Å²) in [5, 5.41) is 0. The summed E-state index contributed by atoms with van der Waals surface area (Å²) in [6, 6.07) is 8.24. The normalized spacial score (nSPS) is 15.3. The highest BCUT2D eigenvalue weighted by atomic mass is 16.6. The zero-order chi connectivity index (χ0) is 10.8. The van der Waals surface area contributed by atoms with Gasteiger partial charge in [0.1, 0.15) is 0 Å². The number of benzene rings is 1. The van der Waals surface area contributed by atoms with Crippen molar-refractivity contribution in [3.8, 4) is 0 Å². The lowest BCUT2D eigenvalue weighted by atomic mass is 10.2. The average molecular weight is 205 g/mol. The third-order valence-electron chi connectivity index (χ3n) is 2.01. The lowest BCUT2D eigenvalue weighted by Crippen LogP contribution is -2.33. The molecule has 76 valence electrons. The number of hydrogen-bond acceptors (Lipinski definition) is 4. The van der Waals surface area contributed by atoms with E-state index in [0.717, 1.165) is 4.90 Å². The largest absolute Gasteiger partial charge is 0.437 e. The first-order chi connectivity index (χ1) is 7.20. The Hall–Kier alpha value is -2.17. The topological polar surface area (TPSA) is 63.7 Å². The number of imide groups is 1. The summed E-state index contributed by atoms with van der Waals surface area (Å²) in [6.45, 7) is -0.300. The van der Waals surface area contributed by atoms with Crippen LogP contribution in [0.5, 0.6) is 0 Å². The number of amides is 2. The van der Waals surface area contributed by atoms with E-state index in [1.807, 2.05) is 0 Å². The molecule has 0 N–H and O–H groups in total. The molecule has 2 rings (SSSR count). The fraction of sp³-hybridized carbons (Fsp3) is 0.100. The minimum absolute atomic E-state index is 0.300. The predicted octanol–water partition coefficient (Wildman–Crippen LogP) is 0.170. The highest BCUT2D eigenvalue weighted by Crippen LogP contribution is 2.09. The van der Waals surface area contributed by atoms with E-state index in [1.54, 1.807) is 30.3 Å². The molecule has 0 aliphatic carbocycles. The van der Waals surface area contributed by atoms with Crippen LogP contribution in [-0.4, -0.2) is 29.4 Å². The second-order valence-electron chi connectivity index (χ2n) is 2.97. The van der Waals surface area contributed by atoms with Crippen molar-refractivity contribution in [1.29, 1.82) is 0 Å². The van der Waals surface area contributed by atoms with Crippen molar-refractivity contribution in [1.82, 2.24) is 4.90 Å². The molecule has 0 unspecified atom stereocenters. The molecule has 0 radical (unpaired) electrons. The SMILES string of the molecule is O=C1OCN(C(=O)c2ccccc2)C1=O. The Kier molecular flexibility index (Phi) is 2.21. The second kappa shape index (κ2) is 3.53. The molecular weight excluding hydrogens is 198 g/mol. The van der Waals surface area contributed by atoms with Crippen molar-refractivity contribution in [2.45, 2.75) is 0 Å². The van der Waals surface area contributed by atoms with Gasteiger partial charge in [0.05, 0.1) is 0 Å². The number of ether oxygens (including phenoxy) is 1. The first-order valence-corrected chi connectivity index (χ1v) is 4.28. The van der Waals surface area contributed by atoms with Gasteiger partial charge in [-0.25, -0.2) is 9.69 Å². The molecule has 0 atom stereocenters. The van der Waals surface area contributed by atoms with Gasteiger partial charge in [-0.2, -0.15) is 0 Å². The Balaban J connectivity index is 2.23. The van der Waals surface area contributed by atoms with Gasteiger partial charge in [-0.15, -0.1) is 0 Å². The molecular formula is C10H7NO4. The van der Waals surface area contributed by atoms with Gasteiger partial charge >= 0.3 is 11.9 Å². The molecule has 1 saturated heterocycles. The molecule has 0 saturated carbocycles. The first-order valence-electron chi connectivity index (χ1n) is 4.28. The van der Waals surface area contributed by atoms with Crippen LogP contribution in [0.1, 0.15) is 10.4 Å². The zero-order valence-electron chi connectivity index (χ0n) is 7.67. The quantitative estimate of drug-likeness (QED) is 0.372. The maximum absolute atomic E-state index is 11.7. The van der Waals surface area contributed by atoms with Gasteiger partial charge in [-0.1, -0.05) is 18.2 Å². The van der Waals surface area contributed by atoms with Crippen LogP contribution in [0.2, 0.25) is 0 Å². The fourth-order valence-corrected chi connectivity index (χ4v) is 1.24. The number of carbonyl (C=O) groups excluding carboxylic acids is 3. The number of cyclic esters (lactones) is 1. The number of esters is 1. The van der Waals surface area contributed by atoms with Crippen LogP contribution in [0.15, 0.2) is 30.3 Å². The summed E-state index contributed by atoms with van der Waals surface area (Å²) < 4.78 is 4.44. The van der Waals surface area contributed by atoms with E-state index in [2.05, 4.69) is 4.74 Å². The standard InChI is InChI=1S/C10H7NO4/c12-8(7-4-2-1-3-5-7)11-6-15-10(14)9(11)13/h1-5H,6H2.